The van der Waals surface area contributed by atoms with Gasteiger partial charge >= 0.3 is 0 Å². The van der Waals surface area contributed by atoms with Crippen molar-refractivity contribution in [1.29, 1.82) is 0 Å². The van der Waals surface area contributed by atoms with E-state index in [-0.39, 0.29) is 0 Å². The zero-order valence-corrected chi connectivity index (χ0v) is 34.4. The summed E-state index contributed by atoms with van der Waals surface area (Å²) in [6, 6.07) is 86.4. The van der Waals surface area contributed by atoms with Gasteiger partial charge in [-0.2, -0.15) is 0 Å². The van der Waals surface area contributed by atoms with E-state index in [1.54, 1.807) is 0 Å². The highest BCUT2D eigenvalue weighted by atomic mass is 16.3. The molecule has 63 heavy (non-hydrogen) atoms. The third-order valence-corrected chi connectivity index (χ3v) is 13.5. The first-order chi connectivity index (χ1) is 31.2. The van der Waals surface area contributed by atoms with Crippen LogP contribution in [0.2, 0.25) is 0 Å². The normalized spacial score (nSPS) is 12.9. The Balaban J connectivity index is 0.966. The van der Waals surface area contributed by atoms with E-state index < -0.39 is 5.41 Å². The van der Waals surface area contributed by atoms with E-state index in [9.17, 15) is 0 Å². The highest BCUT2D eigenvalue weighted by molar-refractivity contribution is 6.09. The second kappa shape index (κ2) is 13.9. The Bertz CT molecular complexity index is 3480. The summed E-state index contributed by atoms with van der Waals surface area (Å²) < 4.78 is 6.49. The van der Waals surface area contributed by atoms with E-state index in [1.165, 1.54) is 66.8 Å². The van der Waals surface area contributed by atoms with Gasteiger partial charge in [0.05, 0.1) is 5.41 Å². The van der Waals surface area contributed by atoms with Gasteiger partial charge in [0.2, 0.25) is 0 Å². The molecule has 2 heteroatoms. The van der Waals surface area contributed by atoms with Crippen molar-refractivity contribution >= 4 is 39.0 Å². The molecule has 0 aliphatic heterocycles. The quantitative estimate of drug-likeness (QED) is 0.167. The van der Waals surface area contributed by atoms with Gasteiger partial charge in [0.25, 0.3) is 0 Å². The van der Waals surface area contributed by atoms with Gasteiger partial charge in [0, 0.05) is 33.4 Å². The predicted molar refractivity (Wildman–Crippen MR) is 261 cm³/mol. The molecule has 2 aliphatic rings. The maximum absolute atomic E-state index is 6.49. The molecule has 2 aliphatic carbocycles. The molecule has 0 fully saturated rings. The summed E-state index contributed by atoms with van der Waals surface area (Å²) in [5.41, 5.74) is 22.2. The lowest BCUT2D eigenvalue weighted by atomic mass is 9.70. The van der Waals surface area contributed by atoms with Crippen molar-refractivity contribution in [1.82, 2.24) is 0 Å². The largest absolute Gasteiger partial charge is 0.455 e. The Morgan fingerprint density at radius 3 is 1.32 bits per heavy atom. The predicted octanol–water partition coefficient (Wildman–Crippen LogP) is 16.4. The van der Waals surface area contributed by atoms with Gasteiger partial charge in [0.15, 0.2) is 0 Å². The minimum Gasteiger partial charge on any atom is -0.455 e. The molecule has 0 radical (unpaired) electrons. The molecular weight excluding hydrogens is 763 g/mol. The van der Waals surface area contributed by atoms with E-state index in [4.69, 9.17) is 4.42 Å². The SMILES string of the molecule is c1ccc(-c2ccc(-c3ccc(N(c4ccc(-c5cccc6c5oc5ccccc56)cc4)c4ccc5c(c4)C4(c6ccccc6-c6ccccc64)c4ccccc4-5)cc3)cc2)cc1. The zero-order chi connectivity index (χ0) is 41.5. The van der Waals surface area contributed by atoms with Crippen molar-refractivity contribution in [2.75, 3.05) is 4.90 Å². The fourth-order valence-corrected chi connectivity index (χ4v) is 10.7. The highest BCUT2D eigenvalue weighted by Crippen LogP contribution is 2.63. The highest BCUT2D eigenvalue weighted by Gasteiger charge is 2.51. The number of hydrogen-bond donors (Lipinski definition) is 0. The van der Waals surface area contributed by atoms with Crippen LogP contribution in [-0.2, 0) is 5.41 Å². The van der Waals surface area contributed by atoms with Gasteiger partial charge in [-0.1, -0.05) is 194 Å². The molecule has 294 valence electrons. The summed E-state index contributed by atoms with van der Waals surface area (Å²) in [6.45, 7) is 0. The smallest absolute Gasteiger partial charge is 0.143 e. The third kappa shape index (κ3) is 5.32. The molecule has 10 aromatic carbocycles. The number of benzene rings is 10. The molecule has 0 N–H and O–H groups in total. The molecule has 0 atom stereocenters. The number of furan rings is 1. The van der Waals surface area contributed by atoms with Crippen LogP contribution in [0.4, 0.5) is 17.1 Å². The van der Waals surface area contributed by atoms with Gasteiger partial charge in [-0.3, -0.25) is 0 Å². The number of anilines is 3. The van der Waals surface area contributed by atoms with Crippen LogP contribution in [0.1, 0.15) is 22.3 Å². The second-order valence-electron chi connectivity index (χ2n) is 16.8. The van der Waals surface area contributed by atoms with E-state index in [1.807, 2.05) is 12.1 Å². The van der Waals surface area contributed by atoms with Crippen molar-refractivity contribution in [3.63, 3.8) is 0 Å². The maximum atomic E-state index is 6.49. The van der Waals surface area contributed by atoms with Crippen molar-refractivity contribution in [3.8, 4) is 55.6 Å². The Hall–Kier alpha value is -8.20. The van der Waals surface area contributed by atoms with Crippen molar-refractivity contribution in [2.45, 2.75) is 5.41 Å². The van der Waals surface area contributed by atoms with Crippen molar-refractivity contribution in [3.05, 3.63) is 259 Å². The standard InChI is InChI=1S/C61H39NO/c1-2-13-40(14-3-1)41-25-27-42(28-26-41)43-29-33-45(34-30-43)62(46-35-31-44(32-36-46)48-19-12-20-54-53-18-7-11-24-59(53)63-60(48)54)47-37-38-52-51-17-6-10-23-57(51)61(58(52)39-47)55-21-8-4-15-49(55)50-16-5-9-22-56(50)61/h1-39H. The number of para-hydroxylation sites is 2. The summed E-state index contributed by atoms with van der Waals surface area (Å²) in [7, 11) is 0. The molecule has 1 heterocycles. The van der Waals surface area contributed by atoms with Crippen LogP contribution in [0.3, 0.4) is 0 Å². The topological polar surface area (TPSA) is 16.4 Å². The van der Waals surface area contributed by atoms with E-state index in [2.05, 4.69) is 229 Å². The van der Waals surface area contributed by atoms with Gasteiger partial charge in [0.1, 0.15) is 11.2 Å². The van der Waals surface area contributed by atoms with E-state index in [0.717, 1.165) is 50.1 Å². The summed E-state index contributed by atoms with van der Waals surface area (Å²) >= 11 is 0. The van der Waals surface area contributed by atoms with Gasteiger partial charge in [-0.25, -0.2) is 0 Å². The molecule has 11 aromatic rings. The Kier molecular flexibility index (Phi) is 7.85. The minimum absolute atomic E-state index is 0.439. The minimum atomic E-state index is -0.439. The molecule has 1 aromatic heterocycles. The molecule has 0 saturated carbocycles. The van der Waals surface area contributed by atoms with Crippen molar-refractivity contribution < 1.29 is 4.42 Å². The van der Waals surface area contributed by atoms with Gasteiger partial charge in [-0.15, -0.1) is 0 Å². The maximum Gasteiger partial charge on any atom is 0.143 e. The molecule has 0 unspecified atom stereocenters. The molecule has 13 rings (SSSR count). The zero-order valence-electron chi connectivity index (χ0n) is 34.4. The first-order valence-electron chi connectivity index (χ1n) is 21.7. The number of rotatable bonds is 6. The summed E-state index contributed by atoms with van der Waals surface area (Å²) in [6.07, 6.45) is 0. The summed E-state index contributed by atoms with van der Waals surface area (Å²) in [5, 5.41) is 2.27. The molecule has 0 amide bonds. The first kappa shape index (κ1) is 35.5. The lowest BCUT2D eigenvalue weighted by molar-refractivity contribution is 0.670. The van der Waals surface area contributed by atoms with Crippen LogP contribution < -0.4 is 4.90 Å². The van der Waals surface area contributed by atoms with Crippen LogP contribution >= 0.6 is 0 Å². The molecular formula is C61H39NO. The van der Waals surface area contributed by atoms with Crippen LogP contribution in [-0.4, -0.2) is 0 Å². The Morgan fingerprint density at radius 2 is 0.714 bits per heavy atom. The lowest BCUT2D eigenvalue weighted by Crippen LogP contribution is -2.26. The van der Waals surface area contributed by atoms with Crippen molar-refractivity contribution in [2.24, 2.45) is 0 Å². The fraction of sp³-hybridized carbons (Fsp3) is 0.0164. The van der Waals surface area contributed by atoms with Gasteiger partial charge < -0.3 is 9.32 Å². The first-order valence-corrected chi connectivity index (χ1v) is 21.7. The molecule has 0 saturated heterocycles. The third-order valence-electron chi connectivity index (χ3n) is 13.5. The second-order valence-corrected chi connectivity index (χ2v) is 16.8. The van der Waals surface area contributed by atoms with Crippen LogP contribution in [0.5, 0.6) is 0 Å². The molecule has 0 bridgehead atoms. The van der Waals surface area contributed by atoms with Gasteiger partial charge in [-0.05, 0) is 115 Å². The van der Waals surface area contributed by atoms with Crippen LogP contribution in [0, 0.1) is 0 Å². The number of fused-ring (bicyclic) bond motifs is 13. The van der Waals surface area contributed by atoms with E-state index >= 15 is 0 Å². The van der Waals surface area contributed by atoms with E-state index in [0.29, 0.717) is 0 Å². The van der Waals surface area contributed by atoms with Crippen LogP contribution in [0.15, 0.2) is 241 Å². The summed E-state index contributed by atoms with van der Waals surface area (Å²) in [5.74, 6) is 0. The lowest BCUT2D eigenvalue weighted by Gasteiger charge is -2.32. The number of nitrogens with zero attached hydrogens (tertiary/aromatic N) is 1. The Morgan fingerprint density at radius 1 is 0.286 bits per heavy atom. The fourth-order valence-electron chi connectivity index (χ4n) is 10.7. The Labute approximate surface area is 366 Å². The number of hydrogen-bond acceptors (Lipinski definition) is 2. The summed E-state index contributed by atoms with van der Waals surface area (Å²) in [4.78, 5) is 2.41. The average Bonchev–Trinajstić information content (AvgIpc) is 3.99. The molecule has 2 nitrogen and oxygen atoms in total. The van der Waals surface area contributed by atoms with Crippen LogP contribution in [0.25, 0.3) is 77.6 Å². The average molecular weight is 802 g/mol. The monoisotopic (exact) mass is 801 g/mol. The molecule has 1 spiro atoms.